The molecule has 0 aromatic carbocycles. The highest BCUT2D eigenvalue weighted by Crippen LogP contribution is 2.23. The molecule has 3 nitrogen and oxygen atoms in total. The van der Waals surface area contributed by atoms with Gasteiger partial charge in [0.2, 0.25) is 0 Å². The second kappa shape index (κ2) is 5.56. The fraction of sp³-hybridized carbons (Fsp3) is 0.727. The molecule has 1 saturated heterocycles. The molecule has 0 unspecified atom stereocenters. The lowest BCUT2D eigenvalue weighted by molar-refractivity contribution is 0.286. The molecule has 5 heteroatoms. The molecule has 1 aromatic heterocycles. The summed E-state index contributed by atoms with van der Waals surface area (Å²) < 4.78 is 3.22. The van der Waals surface area contributed by atoms with Crippen molar-refractivity contribution in [3.05, 3.63) is 15.9 Å². The summed E-state index contributed by atoms with van der Waals surface area (Å²) in [5.74, 6) is 2.52. The fourth-order valence-corrected chi connectivity index (χ4v) is 3.68. The smallest absolute Gasteiger partial charge is 0.0767 e. The first-order chi connectivity index (χ1) is 7.72. The lowest BCUT2D eigenvalue weighted by Crippen LogP contribution is -2.32. The van der Waals surface area contributed by atoms with Crippen LogP contribution in [0.2, 0.25) is 0 Å². The molecule has 1 aliphatic heterocycles. The van der Waals surface area contributed by atoms with E-state index in [9.17, 15) is 0 Å². The molecule has 16 heavy (non-hydrogen) atoms. The standard InChI is InChI=1S/C11H18BrN3S/c1-3-9-11(12)10(14(2)13-9)8-15-4-6-16-7-5-15/h3-8H2,1-2H3. The SMILES string of the molecule is CCc1nn(C)c(CN2CCSCC2)c1Br. The maximum Gasteiger partial charge on any atom is 0.0767 e. The minimum absolute atomic E-state index is 0.990. The predicted molar refractivity (Wildman–Crippen MR) is 72.9 cm³/mol. The highest BCUT2D eigenvalue weighted by atomic mass is 79.9. The molecule has 90 valence electrons. The van der Waals surface area contributed by atoms with Gasteiger partial charge < -0.3 is 0 Å². The van der Waals surface area contributed by atoms with Gasteiger partial charge >= 0.3 is 0 Å². The number of thioether (sulfide) groups is 1. The third-order valence-electron chi connectivity index (χ3n) is 2.98. The molecular formula is C11H18BrN3S. The zero-order valence-electron chi connectivity index (χ0n) is 9.87. The van der Waals surface area contributed by atoms with E-state index in [0.717, 1.165) is 13.0 Å². The van der Waals surface area contributed by atoms with Crippen molar-refractivity contribution in [3.8, 4) is 0 Å². The maximum absolute atomic E-state index is 4.53. The fourth-order valence-electron chi connectivity index (χ4n) is 1.96. The molecule has 1 aromatic rings. The number of rotatable bonds is 3. The number of halogens is 1. The Kier molecular flexibility index (Phi) is 4.33. The van der Waals surface area contributed by atoms with Crippen LogP contribution in [0.5, 0.6) is 0 Å². The zero-order chi connectivity index (χ0) is 11.5. The van der Waals surface area contributed by atoms with Crippen LogP contribution in [0.4, 0.5) is 0 Å². The van der Waals surface area contributed by atoms with Crippen molar-refractivity contribution in [1.29, 1.82) is 0 Å². The van der Waals surface area contributed by atoms with Crippen molar-refractivity contribution in [2.24, 2.45) is 7.05 Å². The van der Waals surface area contributed by atoms with Crippen molar-refractivity contribution in [3.63, 3.8) is 0 Å². The average molecular weight is 304 g/mol. The average Bonchev–Trinajstić information content (AvgIpc) is 2.58. The van der Waals surface area contributed by atoms with E-state index in [0.29, 0.717) is 0 Å². The van der Waals surface area contributed by atoms with Crippen LogP contribution in [0.1, 0.15) is 18.3 Å². The van der Waals surface area contributed by atoms with Crippen molar-refractivity contribution in [2.45, 2.75) is 19.9 Å². The van der Waals surface area contributed by atoms with Gasteiger partial charge in [-0.05, 0) is 22.4 Å². The van der Waals surface area contributed by atoms with Crippen LogP contribution >= 0.6 is 27.7 Å². The van der Waals surface area contributed by atoms with Gasteiger partial charge in [-0.3, -0.25) is 9.58 Å². The highest BCUT2D eigenvalue weighted by molar-refractivity contribution is 9.10. The molecule has 0 N–H and O–H groups in total. The van der Waals surface area contributed by atoms with E-state index >= 15 is 0 Å². The summed E-state index contributed by atoms with van der Waals surface area (Å²) in [6.07, 6.45) is 0.990. The van der Waals surface area contributed by atoms with Gasteiger partial charge in [-0.1, -0.05) is 6.92 Å². The van der Waals surface area contributed by atoms with Crippen LogP contribution in [-0.2, 0) is 20.0 Å². The minimum Gasteiger partial charge on any atom is -0.296 e. The summed E-state index contributed by atoms with van der Waals surface area (Å²) in [6.45, 7) is 5.56. The van der Waals surface area contributed by atoms with Crippen molar-refractivity contribution >= 4 is 27.7 Å². The van der Waals surface area contributed by atoms with E-state index < -0.39 is 0 Å². The number of hydrogen-bond acceptors (Lipinski definition) is 3. The van der Waals surface area contributed by atoms with Crippen LogP contribution in [0.3, 0.4) is 0 Å². The first-order valence-corrected chi connectivity index (χ1v) is 7.67. The summed E-state index contributed by atoms with van der Waals surface area (Å²) >= 11 is 5.73. The molecule has 0 amide bonds. The van der Waals surface area contributed by atoms with E-state index in [1.54, 1.807) is 0 Å². The maximum atomic E-state index is 4.53. The predicted octanol–water partition coefficient (Wildman–Crippen LogP) is 2.29. The molecule has 1 aliphatic rings. The Labute approximate surface area is 110 Å². The van der Waals surface area contributed by atoms with E-state index in [4.69, 9.17) is 0 Å². The number of hydrogen-bond donors (Lipinski definition) is 0. The lowest BCUT2D eigenvalue weighted by atomic mass is 10.3. The first-order valence-electron chi connectivity index (χ1n) is 5.72. The van der Waals surface area contributed by atoms with Crippen molar-refractivity contribution < 1.29 is 0 Å². The van der Waals surface area contributed by atoms with Gasteiger partial charge in [0.1, 0.15) is 0 Å². The Morgan fingerprint density at radius 1 is 1.38 bits per heavy atom. The van der Waals surface area contributed by atoms with Gasteiger partial charge in [-0.2, -0.15) is 16.9 Å². The van der Waals surface area contributed by atoms with E-state index in [-0.39, 0.29) is 0 Å². The molecule has 0 atom stereocenters. The van der Waals surface area contributed by atoms with Gasteiger partial charge in [0.25, 0.3) is 0 Å². The number of aromatic nitrogens is 2. The first kappa shape index (κ1) is 12.5. The minimum atomic E-state index is 0.990. The summed E-state index contributed by atoms with van der Waals surface area (Å²) in [6, 6.07) is 0. The van der Waals surface area contributed by atoms with Crippen LogP contribution < -0.4 is 0 Å². The van der Waals surface area contributed by atoms with Gasteiger partial charge in [0, 0.05) is 38.2 Å². The molecule has 0 radical (unpaired) electrons. The van der Waals surface area contributed by atoms with E-state index in [1.807, 2.05) is 11.7 Å². The second-order valence-electron chi connectivity index (χ2n) is 4.07. The summed E-state index contributed by atoms with van der Waals surface area (Å²) in [5, 5.41) is 4.53. The lowest BCUT2D eigenvalue weighted by Gasteiger charge is -2.26. The third kappa shape index (κ3) is 2.63. The normalized spacial score (nSPS) is 17.9. The van der Waals surface area contributed by atoms with Crippen LogP contribution in [-0.4, -0.2) is 39.3 Å². The second-order valence-corrected chi connectivity index (χ2v) is 6.09. The number of aryl methyl sites for hydroxylation is 2. The van der Waals surface area contributed by atoms with Crippen LogP contribution in [0.15, 0.2) is 4.47 Å². The van der Waals surface area contributed by atoms with Gasteiger partial charge in [-0.15, -0.1) is 0 Å². The van der Waals surface area contributed by atoms with Crippen molar-refractivity contribution in [1.82, 2.24) is 14.7 Å². The summed E-state index contributed by atoms with van der Waals surface area (Å²) in [5.41, 5.74) is 2.48. The Balaban J connectivity index is 2.10. The molecule has 0 bridgehead atoms. The van der Waals surface area contributed by atoms with Gasteiger partial charge in [0.05, 0.1) is 15.9 Å². The monoisotopic (exact) mass is 303 g/mol. The summed E-state index contributed by atoms with van der Waals surface area (Å²) in [4.78, 5) is 2.51. The van der Waals surface area contributed by atoms with Crippen LogP contribution in [0, 0.1) is 0 Å². The Morgan fingerprint density at radius 2 is 2.06 bits per heavy atom. The third-order valence-corrected chi connectivity index (χ3v) is 4.84. The molecule has 2 rings (SSSR count). The summed E-state index contributed by atoms with van der Waals surface area (Å²) in [7, 11) is 2.04. The van der Waals surface area contributed by atoms with E-state index in [1.165, 1.54) is 40.5 Å². The highest BCUT2D eigenvalue weighted by Gasteiger charge is 2.17. The molecular weight excluding hydrogens is 286 g/mol. The van der Waals surface area contributed by atoms with Gasteiger partial charge in [-0.25, -0.2) is 0 Å². The Bertz CT molecular complexity index is 358. The topological polar surface area (TPSA) is 21.1 Å². The quantitative estimate of drug-likeness (QED) is 0.855. The van der Waals surface area contributed by atoms with E-state index in [2.05, 4.69) is 44.6 Å². The Hall–Kier alpha value is -0.000000000000000111. The molecule has 2 heterocycles. The number of nitrogens with zero attached hydrogens (tertiary/aromatic N) is 3. The van der Waals surface area contributed by atoms with Crippen molar-refractivity contribution in [2.75, 3.05) is 24.6 Å². The van der Waals surface area contributed by atoms with Gasteiger partial charge in [0.15, 0.2) is 0 Å². The largest absolute Gasteiger partial charge is 0.296 e. The van der Waals surface area contributed by atoms with Crippen LogP contribution in [0.25, 0.3) is 0 Å². The molecule has 0 spiro atoms. The molecule has 0 aliphatic carbocycles. The molecule has 0 saturated carbocycles. The Morgan fingerprint density at radius 3 is 2.62 bits per heavy atom. The zero-order valence-corrected chi connectivity index (χ0v) is 12.3. The molecule has 1 fully saturated rings.